The van der Waals surface area contributed by atoms with Gasteiger partial charge in [0.15, 0.2) is 0 Å². The van der Waals surface area contributed by atoms with Gasteiger partial charge in [-0.15, -0.1) is 11.8 Å². The molecule has 1 aromatic carbocycles. The Hall–Kier alpha value is -1.26. The average molecular weight is 261 g/mol. The van der Waals surface area contributed by atoms with Crippen molar-refractivity contribution in [1.29, 1.82) is 0 Å². The van der Waals surface area contributed by atoms with Crippen molar-refractivity contribution in [3.05, 3.63) is 47.8 Å². The van der Waals surface area contributed by atoms with Gasteiger partial charge in [-0.2, -0.15) is 5.10 Å². The van der Waals surface area contributed by atoms with Crippen LogP contribution in [0, 0.1) is 0 Å². The van der Waals surface area contributed by atoms with Crippen LogP contribution < -0.4 is 5.73 Å². The second-order valence-corrected chi connectivity index (χ2v) is 5.11. The number of nitrogens with two attached hydrogens (primary N) is 1. The Kier molecular flexibility index (Phi) is 4.44. The minimum absolute atomic E-state index is 0.102. The Balaban J connectivity index is 2.23. The van der Waals surface area contributed by atoms with Crippen molar-refractivity contribution >= 4 is 11.8 Å². The van der Waals surface area contributed by atoms with Gasteiger partial charge in [-0.3, -0.25) is 4.68 Å². The van der Waals surface area contributed by atoms with Gasteiger partial charge < -0.3 is 5.73 Å². The Morgan fingerprint density at radius 3 is 2.61 bits per heavy atom. The predicted molar refractivity (Wildman–Crippen MR) is 76.8 cm³/mol. The van der Waals surface area contributed by atoms with Crippen LogP contribution in [0.15, 0.2) is 41.4 Å². The Labute approximate surface area is 112 Å². The van der Waals surface area contributed by atoms with E-state index < -0.39 is 0 Å². The van der Waals surface area contributed by atoms with Gasteiger partial charge in [-0.1, -0.05) is 19.1 Å². The maximum Gasteiger partial charge on any atom is 0.0723 e. The molecule has 0 spiro atoms. The largest absolute Gasteiger partial charge is 0.319 e. The molecule has 1 atom stereocenters. The maximum absolute atomic E-state index is 6.32. The van der Waals surface area contributed by atoms with Gasteiger partial charge in [0.1, 0.15) is 0 Å². The molecule has 0 saturated carbocycles. The van der Waals surface area contributed by atoms with Crippen LogP contribution in [0.4, 0.5) is 0 Å². The monoisotopic (exact) mass is 261 g/mol. The first kappa shape index (κ1) is 13.2. The molecular weight excluding hydrogens is 242 g/mol. The van der Waals surface area contributed by atoms with Gasteiger partial charge in [0, 0.05) is 17.6 Å². The Morgan fingerprint density at radius 2 is 2.00 bits per heavy atom. The zero-order valence-electron chi connectivity index (χ0n) is 10.8. The van der Waals surface area contributed by atoms with Crippen LogP contribution in [0.1, 0.15) is 30.6 Å². The second-order valence-electron chi connectivity index (χ2n) is 4.23. The van der Waals surface area contributed by atoms with E-state index in [1.54, 1.807) is 11.8 Å². The van der Waals surface area contributed by atoms with E-state index in [-0.39, 0.29) is 6.04 Å². The van der Waals surface area contributed by atoms with Gasteiger partial charge in [0.25, 0.3) is 0 Å². The quantitative estimate of drug-likeness (QED) is 0.841. The number of benzene rings is 1. The van der Waals surface area contributed by atoms with Crippen LogP contribution in [0.2, 0.25) is 0 Å². The second kappa shape index (κ2) is 6.07. The highest BCUT2D eigenvalue weighted by molar-refractivity contribution is 7.98. The summed E-state index contributed by atoms with van der Waals surface area (Å²) in [6.45, 7) is 3.06. The van der Waals surface area contributed by atoms with E-state index in [0.29, 0.717) is 0 Å². The molecular formula is C14H19N3S. The topological polar surface area (TPSA) is 43.8 Å². The van der Waals surface area contributed by atoms with E-state index in [4.69, 9.17) is 5.73 Å². The SMILES string of the molecule is CCCn1nccc1C(N)c1ccc(SC)cc1. The summed E-state index contributed by atoms with van der Waals surface area (Å²) in [5, 5.41) is 4.32. The molecule has 1 aromatic heterocycles. The van der Waals surface area contributed by atoms with Gasteiger partial charge in [-0.05, 0) is 36.4 Å². The van der Waals surface area contributed by atoms with E-state index in [9.17, 15) is 0 Å². The molecule has 4 heteroatoms. The normalized spacial score (nSPS) is 12.6. The molecule has 2 N–H and O–H groups in total. The van der Waals surface area contributed by atoms with E-state index >= 15 is 0 Å². The third-order valence-corrected chi connectivity index (χ3v) is 3.72. The lowest BCUT2D eigenvalue weighted by Gasteiger charge is -2.14. The summed E-state index contributed by atoms with van der Waals surface area (Å²) in [5.74, 6) is 0. The molecule has 0 saturated heterocycles. The number of aromatic nitrogens is 2. The number of hydrogen-bond donors (Lipinski definition) is 1. The van der Waals surface area contributed by atoms with Crippen molar-refractivity contribution < 1.29 is 0 Å². The molecule has 1 heterocycles. The molecule has 0 aliphatic carbocycles. The lowest BCUT2D eigenvalue weighted by atomic mass is 10.0. The summed E-state index contributed by atoms with van der Waals surface area (Å²) >= 11 is 1.74. The molecule has 2 aromatic rings. The summed E-state index contributed by atoms with van der Waals surface area (Å²) < 4.78 is 1.99. The molecule has 18 heavy (non-hydrogen) atoms. The lowest BCUT2D eigenvalue weighted by molar-refractivity contribution is 0.559. The minimum Gasteiger partial charge on any atom is -0.319 e. The molecule has 0 bridgehead atoms. The number of thioether (sulfide) groups is 1. The minimum atomic E-state index is -0.102. The highest BCUT2D eigenvalue weighted by Crippen LogP contribution is 2.22. The number of nitrogens with zero attached hydrogens (tertiary/aromatic N) is 2. The zero-order chi connectivity index (χ0) is 13.0. The van der Waals surface area contributed by atoms with Gasteiger partial charge in [-0.25, -0.2) is 0 Å². The van der Waals surface area contributed by atoms with Crippen molar-refractivity contribution in [2.45, 2.75) is 30.8 Å². The molecule has 0 fully saturated rings. The fourth-order valence-corrected chi connectivity index (χ4v) is 2.40. The van der Waals surface area contributed by atoms with Crippen LogP contribution in [-0.2, 0) is 6.54 Å². The first-order valence-corrected chi connectivity index (χ1v) is 7.40. The summed E-state index contributed by atoms with van der Waals surface area (Å²) in [6.07, 6.45) is 4.96. The molecule has 96 valence electrons. The van der Waals surface area contributed by atoms with Crippen LogP contribution in [0.3, 0.4) is 0 Å². The fourth-order valence-electron chi connectivity index (χ4n) is 1.99. The molecule has 1 unspecified atom stereocenters. The Morgan fingerprint density at radius 1 is 1.28 bits per heavy atom. The van der Waals surface area contributed by atoms with E-state index in [2.05, 4.69) is 42.5 Å². The smallest absolute Gasteiger partial charge is 0.0723 e. The first-order chi connectivity index (χ1) is 8.76. The highest BCUT2D eigenvalue weighted by atomic mass is 32.2. The maximum atomic E-state index is 6.32. The molecule has 0 radical (unpaired) electrons. The first-order valence-electron chi connectivity index (χ1n) is 6.17. The van der Waals surface area contributed by atoms with E-state index in [1.165, 1.54) is 4.90 Å². The van der Waals surface area contributed by atoms with E-state index in [1.807, 2.05) is 16.9 Å². The number of rotatable bonds is 5. The van der Waals surface area contributed by atoms with Gasteiger partial charge in [0.2, 0.25) is 0 Å². The molecule has 2 rings (SSSR count). The predicted octanol–water partition coefficient (Wildman–Crippen LogP) is 3.06. The standard InChI is InChI=1S/C14H19N3S/c1-3-10-17-13(8-9-16-17)14(15)11-4-6-12(18-2)7-5-11/h4-9,14H,3,10,15H2,1-2H3. The summed E-state index contributed by atoms with van der Waals surface area (Å²) in [4.78, 5) is 1.26. The van der Waals surface area contributed by atoms with Crippen molar-refractivity contribution in [3.8, 4) is 0 Å². The van der Waals surface area contributed by atoms with Crippen molar-refractivity contribution in [1.82, 2.24) is 9.78 Å². The average Bonchev–Trinajstić information content (AvgIpc) is 2.87. The summed E-state index contributed by atoms with van der Waals surface area (Å²) in [6, 6.07) is 10.3. The highest BCUT2D eigenvalue weighted by Gasteiger charge is 2.13. The fraction of sp³-hybridized carbons (Fsp3) is 0.357. The summed E-state index contributed by atoms with van der Waals surface area (Å²) in [5.41, 5.74) is 8.52. The van der Waals surface area contributed by atoms with Crippen molar-refractivity contribution in [2.75, 3.05) is 6.26 Å². The van der Waals surface area contributed by atoms with Gasteiger partial charge >= 0.3 is 0 Å². The number of aryl methyl sites for hydroxylation is 1. The van der Waals surface area contributed by atoms with Crippen LogP contribution >= 0.6 is 11.8 Å². The van der Waals surface area contributed by atoms with Crippen molar-refractivity contribution in [2.24, 2.45) is 5.73 Å². The number of hydrogen-bond acceptors (Lipinski definition) is 3. The van der Waals surface area contributed by atoms with E-state index in [0.717, 1.165) is 24.2 Å². The molecule has 0 amide bonds. The Bertz CT molecular complexity index is 490. The third kappa shape index (κ3) is 2.76. The third-order valence-electron chi connectivity index (χ3n) is 2.98. The molecule has 0 aliphatic rings. The van der Waals surface area contributed by atoms with Crippen LogP contribution in [0.5, 0.6) is 0 Å². The zero-order valence-corrected chi connectivity index (χ0v) is 11.7. The van der Waals surface area contributed by atoms with Crippen LogP contribution in [-0.4, -0.2) is 16.0 Å². The van der Waals surface area contributed by atoms with Gasteiger partial charge in [0.05, 0.1) is 11.7 Å². The molecule has 3 nitrogen and oxygen atoms in total. The van der Waals surface area contributed by atoms with Crippen LogP contribution in [0.25, 0.3) is 0 Å². The van der Waals surface area contributed by atoms with Crippen molar-refractivity contribution in [3.63, 3.8) is 0 Å². The molecule has 0 aliphatic heterocycles. The lowest BCUT2D eigenvalue weighted by Crippen LogP contribution is -2.17. The summed E-state index contributed by atoms with van der Waals surface area (Å²) in [7, 11) is 0.